The standard InChI is InChI=1S/C20H18ClF5N6O5/c1-4-31-12(7-33)30-32(19(31)35)15-10(22)5-9(17(29-15)37-8(2)20(24,25)26)16(34)28-14-11(23)6-27-18(36-3)13(14)21/h5-6,8,33H,4,7H2,1-3H3,(H,27,28,34)/t8-/m0/s1. The van der Waals surface area contributed by atoms with Crippen molar-refractivity contribution in [3.05, 3.63) is 50.8 Å². The van der Waals surface area contributed by atoms with Crippen LogP contribution in [0.15, 0.2) is 17.1 Å². The van der Waals surface area contributed by atoms with Gasteiger partial charge >= 0.3 is 11.9 Å². The number of ether oxygens (including phenoxy) is 2. The van der Waals surface area contributed by atoms with Crippen molar-refractivity contribution >= 4 is 23.2 Å². The number of anilines is 1. The maximum absolute atomic E-state index is 15.1. The van der Waals surface area contributed by atoms with Crippen LogP contribution in [-0.4, -0.2) is 54.7 Å². The van der Waals surface area contributed by atoms with Gasteiger partial charge < -0.3 is 19.9 Å². The molecule has 17 heteroatoms. The number of carbonyl (C=O) groups excluding carboxylic acids is 1. The number of amides is 1. The fraction of sp³-hybridized carbons (Fsp3) is 0.350. The van der Waals surface area contributed by atoms with E-state index in [1.807, 2.05) is 5.32 Å². The van der Waals surface area contributed by atoms with Crippen molar-refractivity contribution < 1.29 is 41.3 Å². The van der Waals surface area contributed by atoms with Gasteiger partial charge in [0.1, 0.15) is 22.9 Å². The molecule has 0 spiro atoms. The van der Waals surface area contributed by atoms with Gasteiger partial charge in [0.15, 0.2) is 29.4 Å². The summed E-state index contributed by atoms with van der Waals surface area (Å²) in [5, 5.41) is 14.6. The summed E-state index contributed by atoms with van der Waals surface area (Å²) in [6.45, 7) is 1.43. The molecule has 0 aliphatic heterocycles. The van der Waals surface area contributed by atoms with Crippen LogP contribution < -0.4 is 20.5 Å². The second kappa shape index (κ2) is 10.7. The van der Waals surface area contributed by atoms with Crippen molar-refractivity contribution in [1.82, 2.24) is 24.3 Å². The largest absolute Gasteiger partial charge is 0.480 e. The van der Waals surface area contributed by atoms with Gasteiger partial charge in [0.2, 0.25) is 11.8 Å². The Hall–Kier alpha value is -3.79. The first-order valence-electron chi connectivity index (χ1n) is 10.3. The molecule has 0 saturated carbocycles. The first kappa shape index (κ1) is 27.8. The zero-order chi connectivity index (χ0) is 27.7. The fourth-order valence-corrected chi connectivity index (χ4v) is 3.26. The van der Waals surface area contributed by atoms with Crippen molar-refractivity contribution in [3.63, 3.8) is 0 Å². The van der Waals surface area contributed by atoms with Crippen LogP contribution in [0.1, 0.15) is 30.0 Å². The second-order valence-electron chi connectivity index (χ2n) is 7.22. The number of carbonyl (C=O) groups is 1. The van der Waals surface area contributed by atoms with Gasteiger partial charge in [0.05, 0.1) is 13.3 Å². The van der Waals surface area contributed by atoms with Crippen molar-refractivity contribution in [2.75, 3.05) is 12.4 Å². The third kappa shape index (κ3) is 5.48. The number of hydrogen-bond acceptors (Lipinski definition) is 8. The van der Waals surface area contributed by atoms with E-state index in [0.717, 1.165) is 11.7 Å². The molecule has 11 nitrogen and oxygen atoms in total. The fourth-order valence-electron chi connectivity index (χ4n) is 2.99. The van der Waals surface area contributed by atoms with Gasteiger partial charge in [-0.2, -0.15) is 22.8 Å². The summed E-state index contributed by atoms with van der Waals surface area (Å²) >= 11 is 5.95. The predicted octanol–water partition coefficient (Wildman–Crippen LogP) is 2.86. The van der Waals surface area contributed by atoms with Gasteiger partial charge in [0.25, 0.3) is 5.91 Å². The van der Waals surface area contributed by atoms with E-state index >= 15 is 4.39 Å². The van der Waals surface area contributed by atoms with Crippen molar-refractivity contribution in [1.29, 1.82) is 0 Å². The topological polar surface area (TPSA) is 133 Å². The lowest BCUT2D eigenvalue weighted by atomic mass is 10.2. The minimum atomic E-state index is -4.93. The van der Waals surface area contributed by atoms with E-state index in [9.17, 15) is 32.3 Å². The van der Waals surface area contributed by atoms with Gasteiger partial charge in [-0.05, 0) is 19.9 Å². The SMILES string of the molecule is CCn1c(CO)nn(-c2nc(O[C@@H](C)C(F)(F)F)c(C(=O)Nc3c(F)cnc(OC)c3Cl)cc2F)c1=O. The number of nitrogens with zero attached hydrogens (tertiary/aromatic N) is 5. The summed E-state index contributed by atoms with van der Waals surface area (Å²) in [5.74, 6) is -6.31. The van der Waals surface area contributed by atoms with E-state index < -0.39 is 70.1 Å². The van der Waals surface area contributed by atoms with Gasteiger partial charge in [-0.1, -0.05) is 11.6 Å². The highest BCUT2D eigenvalue weighted by Crippen LogP contribution is 2.34. The number of halogens is 6. The molecule has 0 bridgehead atoms. The number of methoxy groups -OCH3 is 1. The van der Waals surface area contributed by atoms with Crippen molar-refractivity contribution in [2.24, 2.45) is 0 Å². The number of rotatable bonds is 8. The Morgan fingerprint density at radius 1 is 1.27 bits per heavy atom. The highest BCUT2D eigenvalue weighted by atomic mass is 35.5. The summed E-state index contributed by atoms with van der Waals surface area (Å²) in [7, 11) is 1.16. The molecule has 0 aliphatic carbocycles. The maximum atomic E-state index is 15.1. The predicted molar refractivity (Wildman–Crippen MR) is 117 cm³/mol. The minimum absolute atomic E-state index is 0.0209. The van der Waals surface area contributed by atoms with Gasteiger partial charge in [-0.3, -0.25) is 9.36 Å². The van der Waals surface area contributed by atoms with Gasteiger partial charge in [-0.25, -0.2) is 18.6 Å². The highest BCUT2D eigenvalue weighted by Gasteiger charge is 2.39. The normalized spacial score (nSPS) is 12.4. The number of nitrogens with one attached hydrogen (secondary N) is 1. The van der Waals surface area contributed by atoms with E-state index in [1.165, 1.54) is 6.92 Å². The molecule has 2 N–H and O–H groups in total. The number of aliphatic hydroxyl groups excluding tert-OH is 1. The summed E-state index contributed by atoms with van der Waals surface area (Å²) in [6.07, 6.45) is -6.81. The number of alkyl halides is 3. The summed E-state index contributed by atoms with van der Waals surface area (Å²) in [5.41, 5.74) is -2.53. The summed E-state index contributed by atoms with van der Waals surface area (Å²) < 4.78 is 79.9. The van der Waals surface area contributed by atoms with Crippen molar-refractivity contribution in [3.8, 4) is 17.6 Å². The molecule has 0 aromatic carbocycles. The lowest BCUT2D eigenvalue weighted by Gasteiger charge is -2.19. The molecule has 3 heterocycles. The van der Waals surface area contributed by atoms with Crippen molar-refractivity contribution in [2.45, 2.75) is 39.3 Å². The highest BCUT2D eigenvalue weighted by molar-refractivity contribution is 6.35. The molecule has 37 heavy (non-hydrogen) atoms. The van der Waals surface area contributed by atoms with E-state index in [0.29, 0.717) is 23.9 Å². The molecule has 0 saturated heterocycles. The van der Waals surface area contributed by atoms with Crippen LogP contribution >= 0.6 is 11.6 Å². The van der Waals surface area contributed by atoms with Gasteiger partial charge in [0, 0.05) is 6.54 Å². The molecule has 1 atom stereocenters. The number of pyridine rings is 2. The zero-order valence-corrected chi connectivity index (χ0v) is 20.0. The quantitative estimate of drug-likeness (QED) is 0.408. The van der Waals surface area contributed by atoms with Crippen LogP contribution in [0.4, 0.5) is 27.6 Å². The Bertz CT molecular complexity index is 1390. The second-order valence-corrected chi connectivity index (χ2v) is 7.60. The molecular formula is C20H18ClF5N6O5. The molecule has 0 aliphatic rings. The number of aromatic nitrogens is 5. The minimum Gasteiger partial charge on any atom is -0.480 e. The van der Waals surface area contributed by atoms with Crippen LogP contribution in [0.3, 0.4) is 0 Å². The van der Waals surface area contributed by atoms with Crippen LogP contribution in [0.5, 0.6) is 11.8 Å². The van der Waals surface area contributed by atoms with Crippen LogP contribution in [-0.2, 0) is 13.2 Å². The first-order valence-corrected chi connectivity index (χ1v) is 10.6. The molecule has 3 aromatic heterocycles. The Morgan fingerprint density at radius 3 is 2.49 bits per heavy atom. The van der Waals surface area contributed by atoms with Crippen LogP contribution in [0, 0.1) is 11.6 Å². The van der Waals surface area contributed by atoms with Crippen LogP contribution in [0.2, 0.25) is 5.02 Å². The maximum Gasteiger partial charge on any atom is 0.425 e. The lowest BCUT2D eigenvalue weighted by molar-refractivity contribution is -0.190. The first-order chi connectivity index (χ1) is 17.3. The molecular weight excluding hydrogens is 535 g/mol. The average molecular weight is 553 g/mol. The van der Waals surface area contributed by atoms with E-state index in [2.05, 4.69) is 15.1 Å². The average Bonchev–Trinajstić information content (AvgIpc) is 3.16. The van der Waals surface area contributed by atoms with E-state index in [-0.39, 0.29) is 18.2 Å². The Kier molecular flexibility index (Phi) is 8.02. The van der Waals surface area contributed by atoms with Gasteiger partial charge in [-0.15, -0.1) is 5.10 Å². The monoisotopic (exact) mass is 552 g/mol. The lowest BCUT2D eigenvalue weighted by Crippen LogP contribution is -2.33. The Morgan fingerprint density at radius 2 is 1.95 bits per heavy atom. The van der Waals surface area contributed by atoms with Crippen LogP contribution in [0.25, 0.3) is 5.82 Å². The molecule has 1 amide bonds. The molecule has 0 unspecified atom stereocenters. The molecule has 3 rings (SSSR count). The molecule has 200 valence electrons. The smallest absolute Gasteiger partial charge is 0.425 e. The third-order valence-electron chi connectivity index (χ3n) is 4.89. The number of hydrogen-bond donors (Lipinski definition) is 2. The zero-order valence-electron chi connectivity index (χ0n) is 19.2. The molecule has 0 radical (unpaired) electrons. The Balaban J connectivity index is 2.16. The summed E-state index contributed by atoms with van der Waals surface area (Å²) in [4.78, 5) is 32.6. The Labute approximate surface area is 209 Å². The molecule has 0 fully saturated rings. The summed E-state index contributed by atoms with van der Waals surface area (Å²) in [6, 6.07) is 0.427. The third-order valence-corrected chi connectivity index (χ3v) is 5.24. The number of aliphatic hydroxyl groups is 1. The van der Waals surface area contributed by atoms with E-state index in [1.54, 1.807) is 0 Å². The molecule has 3 aromatic rings. The van der Waals surface area contributed by atoms with E-state index in [4.69, 9.17) is 21.1 Å².